The van der Waals surface area contributed by atoms with Gasteiger partial charge in [0.2, 0.25) is 0 Å². The second-order valence-corrected chi connectivity index (χ2v) is 6.65. The van der Waals surface area contributed by atoms with Crippen molar-refractivity contribution >= 4 is 17.0 Å². The summed E-state index contributed by atoms with van der Waals surface area (Å²) in [5.41, 5.74) is 3.33. The number of imidazole rings is 1. The van der Waals surface area contributed by atoms with Crippen LogP contribution >= 0.6 is 0 Å². The van der Waals surface area contributed by atoms with Crippen LogP contribution in [0.1, 0.15) is 10.4 Å². The topological polar surface area (TPSA) is 62.6 Å². The Morgan fingerprint density at radius 2 is 1.63 bits per heavy atom. The lowest BCUT2D eigenvalue weighted by Gasteiger charge is -2.11. The van der Waals surface area contributed by atoms with Crippen molar-refractivity contribution < 1.29 is 19.0 Å². The van der Waals surface area contributed by atoms with Gasteiger partial charge in [0.15, 0.2) is 11.5 Å². The van der Waals surface area contributed by atoms with Crippen LogP contribution in [0, 0.1) is 0 Å². The number of aromatic nitrogens is 2. The Hall–Kier alpha value is -3.80. The van der Waals surface area contributed by atoms with Crippen LogP contribution < -0.4 is 9.47 Å². The van der Waals surface area contributed by atoms with Crippen LogP contribution in [-0.2, 0) is 11.3 Å². The molecule has 0 atom stereocenters. The van der Waals surface area contributed by atoms with E-state index in [0.29, 0.717) is 23.6 Å². The maximum Gasteiger partial charge on any atom is 0.338 e. The van der Waals surface area contributed by atoms with Crippen molar-refractivity contribution in [2.75, 3.05) is 20.8 Å². The third kappa shape index (κ3) is 3.85. The van der Waals surface area contributed by atoms with Gasteiger partial charge in [0.25, 0.3) is 0 Å². The number of esters is 1. The highest BCUT2D eigenvalue weighted by Gasteiger charge is 2.15. The zero-order valence-corrected chi connectivity index (χ0v) is 16.9. The molecule has 0 bridgehead atoms. The highest BCUT2D eigenvalue weighted by Crippen LogP contribution is 2.28. The number of methoxy groups -OCH3 is 2. The molecule has 1 aromatic heterocycles. The van der Waals surface area contributed by atoms with Gasteiger partial charge in [-0.05, 0) is 30.3 Å². The average molecular weight is 402 g/mol. The van der Waals surface area contributed by atoms with Crippen LogP contribution in [0.15, 0.2) is 72.8 Å². The molecule has 6 heteroatoms. The highest BCUT2D eigenvalue weighted by molar-refractivity contribution is 5.90. The monoisotopic (exact) mass is 402 g/mol. The van der Waals surface area contributed by atoms with Crippen molar-refractivity contribution in [2.45, 2.75) is 6.54 Å². The van der Waals surface area contributed by atoms with Crippen molar-refractivity contribution in [3.8, 4) is 22.9 Å². The molecule has 4 rings (SSSR count). The maximum atomic E-state index is 12.5. The quantitative estimate of drug-likeness (QED) is 0.424. The Morgan fingerprint density at radius 3 is 2.40 bits per heavy atom. The summed E-state index contributed by atoms with van der Waals surface area (Å²) in [6.45, 7) is 0.705. The number of benzene rings is 3. The van der Waals surface area contributed by atoms with Crippen molar-refractivity contribution in [1.29, 1.82) is 0 Å². The molecule has 0 spiro atoms. The number of ether oxygens (including phenoxy) is 3. The minimum Gasteiger partial charge on any atom is -0.493 e. The van der Waals surface area contributed by atoms with Crippen LogP contribution in [0.4, 0.5) is 0 Å². The molecular formula is C24H22N2O4. The van der Waals surface area contributed by atoms with Gasteiger partial charge >= 0.3 is 5.97 Å². The van der Waals surface area contributed by atoms with E-state index in [1.807, 2.05) is 54.6 Å². The van der Waals surface area contributed by atoms with E-state index in [4.69, 9.17) is 19.2 Å². The molecule has 6 nitrogen and oxygen atoms in total. The second-order valence-electron chi connectivity index (χ2n) is 6.65. The first-order valence-electron chi connectivity index (χ1n) is 9.61. The van der Waals surface area contributed by atoms with Gasteiger partial charge in [-0.2, -0.15) is 0 Å². The average Bonchev–Trinajstić information content (AvgIpc) is 3.17. The lowest BCUT2D eigenvalue weighted by atomic mass is 10.2. The van der Waals surface area contributed by atoms with Crippen LogP contribution in [0.3, 0.4) is 0 Å². The van der Waals surface area contributed by atoms with Gasteiger partial charge in [0, 0.05) is 5.56 Å². The fourth-order valence-electron chi connectivity index (χ4n) is 3.39. The lowest BCUT2D eigenvalue weighted by Crippen LogP contribution is -2.12. The van der Waals surface area contributed by atoms with Gasteiger partial charge in [-0.1, -0.05) is 42.5 Å². The van der Waals surface area contributed by atoms with Crippen LogP contribution in [0.25, 0.3) is 22.4 Å². The molecule has 0 saturated carbocycles. The standard InChI is InChI=1S/C24H22N2O4/c1-28-21-13-12-18(16-22(21)29-2)24(27)30-15-14-26-20-11-7-6-10-19(20)25-23(26)17-8-4-3-5-9-17/h3-13,16H,14-15H2,1-2H3. The third-order valence-corrected chi connectivity index (χ3v) is 4.85. The summed E-state index contributed by atoms with van der Waals surface area (Å²) in [4.78, 5) is 17.3. The lowest BCUT2D eigenvalue weighted by molar-refractivity contribution is 0.0492. The number of rotatable bonds is 7. The fourth-order valence-corrected chi connectivity index (χ4v) is 3.39. The summed E-state index contributed by atoms with van der Waals surface area (Å²) in [6, 6.07) is 22.9. The molecule has 152 valence electrons. The number of carbonyl (C=O) groups is 1. The molecule has 1 heterocycles. The summed E-state index contributed by atoms with van der Waals surface area (Å²) in [5.74, 6) is 1.48. The maximum absolute atomic E-state index is 12.5. The van der Waals surface area contributed by atoms with Gasteiger partial charge in [-0.15, -0.1) is 0 Å². The summed E-state index contributed by atoms with van der Waals surface area (Å²) in [6.07, 6.45) is 0. The van der Waals surface area contributed by atoms with Gasteiger partial charge in [-0.3, -0.25) is 0 Å². The Morgan fingerprint density at radius 1 is 0.900 bits per heavy atom. The number of hydrogen-bond acceptors (Lipinski definition) is 5. The van der Waals surface area contributed by atoms with E-state index in [1.54, 1.807) is 25.3 Å². The summed E-state index contributed by atoms with van der Waals surface area (Å²) >= 11 is 0. The predicted octanol–water partition coefficient (Wildman–Crippen LogP) is 4.58. The number of para-hydroxylation sites is 2. The molecule has 0 aliphatic carbocycles. The number of nitrogens with zero attached hydrogens (tertiary/aromatic N) is 2. The highest BCUT2D eigenvalue weighted by atomic mass is 16.5. The molecule has 0 fully saturated rings. The van der Waals surface area contributed by atoms with E-state index in [0.717, 1.165) is 22.4 Å². The van der Waals surface area contributed by atoms with E-state index < -0.39 is 5.97 Å². The molecule has 30 heavy (non-hydrogen) atoms. The van der Waals surface area contributed by atoms with Crippen molar-refractivity contribution in [3.63, 3.8) is 0 Å². The number of carbonyl (C=O) groups excluding carboxylic acids is 1. The molecule has 0 aliphatic rings. The van der Waals surface area contributed by atoms with Crippen molar-refractivity contribution in [3.05, 3.63) is 78.4 Å². The first-order chi connectivity index (χ1) is 14.7. The summed E-state index contributed by atoms with van der Waals surface area (Å²) in [7, 11) is 3.08. The number of hydrogen-bond donors (Lipinski definition) is 0. The van der Waals surface area contributed by atoms with Gasteiger partial charge in [-0.25, -0.2) is 9.78 Å². The Labute approximate surface area is 174 Å². The van der Waals surface area contributed by atoms with E-state index in [9.17, 15) is 4.79 Å². The van der Waals surface area contributed by atoms with E-state index >= 15 is 0 Å². The van der Waals surface area contributed by atoms with Crippen LogP contribution in [-0.4, -0.2) is 36.3 Å². The zero-order valence-electron chi connectivity index (χ0n) is 16.9. The van der Waals surface area contributed by atoms with Gasteiger partial charge < -0.3 is 18.8 Å². The molecule has 0 amide bonds. The molecule has 0 unspecified atom stereocenters. The largest absolute Gasteiger partial charge is 0.493 e. The number of fused-ring (bicyclic) bond motifs is 1. The normalized spacial score (nSPS) is 10.7. The van der Waals surface area contributed by atoms with E-state index in [1.165, 1.54) is 7.11 Å². The Balaban J connectivity index is 1.54. The molecular weight excluding hydrogens is 380 g/mol. The summed E-state index contributed by atoms with van der Waals surface area (Å²) < 4.78 is 18.1. The summed E-state index contributed by atoms with van der Waals surface area (Å²) in [5, 5.41) is 0. The Bertz CT molecular complexity index is 1170. The van der Waals surface area contributed by atoms with Crippen molar-refractivity contribution in [1.82, 2.24) is 9.55 Å². The third-order valence-electron chi connectivity index (χ3n) is 4.85. The van der Waals surface area contributed by atoms with Gasteiger partial charge in [0.05, 0.1) is 37.4 Å². The molecule has 0 saturated heterocycles. The molecule has 0 radical (unpaired) electrons. The molecule has 3 aromatic carbocycles. The zero-order chi connectivity index (χ0) is 20.9. The molecule has 0 aliphatic heterocycles. The minimum absolute atomic E-state index is 0.216. The first kappa shape index (κ1) is 19.5. The first-order valence-corrected chi connectivity index (χ1v) is 9.61. The van der Waals surface area contributed by atoms with E-state index in [2.05, 4.69) is 4.57 Å². The van der Waals surface area contributed by atoms with Crippen LogP contribution in [0.5, 0.6) is 11.5 Å². The Kier molecular flexibility index (Phi) is 5.66. The van der Waals surface area contributed by atoms with Gasteiger partial charge in [0.1, 0.15) is 12.4 Å². The second kappa shape index (κ2) is 8.69. The fraction of sp³-hybridized carbons (Fsp3) is 0.167. The SMILES string of the molecule is COc1ccc(C(=O)OCCn2c(-c3ccccc3)nc3ccccc32)cc1OC. The van der Waals surface area contributed by atoms with E-state index in [-0.39, 0.29) is 6.61 Å². The molecule has 4 aromatic rings. The predicted molar refractivity (Wildman–Crippen MR) is 115 cm³/mol. The van der Waals surface area contributed by atoms with Crippen LogP contribution in [0.2, 0.25) is 0 Å². The molecule has 0 N–H and O–H groups in total. The van der Waals surface area contributed by atoms with Crippen molar-refractivity contribution in [2.24, 2.45) is 0 Å². The smallest absolute Gasteiger partial charge is 0.338 e. The minimum atomic E-state index is -0.415.